The van der Waals surface area contributed by atoms with Gasteiger partial charge in [0.05, 0.1) is 17.9 Å². The van der Waals surface area contributed by atoms with Gasteiger partial charge in [0.15, 0.2) is 0 Å². The third kappa shape index (κ3) is 2.91. The second-order valence-corrected chi connectivity index (χ2v) is 4.16. The molecule has 0 aliphatic heterocycles. The van der Waals surface area contributed by atoms with Crippen LogP contribution in [0.1, 0.15) is 30.6 Å². The van der Waals surface area contributed by atoms with Gasteiger partial charge in [0.2, 0.25) is 0 Å². The SMILES string of the molecule is CCCn1nncc1C(Cc1ccncc1)NN. The number of nitrogens with zero attached hydrogens (tertiary/aromatic N) is 4. The van der Waals surface area contributed by atoms with Crippen LogP contribution in [0.25, 0.3) is 0 Å². The molecule has 0 saturated carbocycles. The molecular formula is C12H18N6. The number of pyridine rings is 1. The minimum absolute atomic E-state index is 0.00829. The van der Waals surface area contributed by atoms with E-state index < -0.39 is 0 Å². The van der Waals surface area contributed by atoms with Crippen LogP contribution >= 0.6 is 0 Å². The Morgan fingerprint density at radius 1 is 1.39 bits per heavy atom. The van der Waals surface area contributed by atoms with Crippen LogP contribution in [0.4, 0.5) is 0 Å². The van der Waals surface area contributed by atoms with E-state index in [0.717, 1.165) is 25.1 Å². The van der Waals surface area contributed by atoms with E-state index >= 15 is 0 Å². The Morgan fingerprint density at radius 2 is 2.17 bits per heavy atom. The van der Waals surface area contributed by atoms with Crippen molar-refractivity contribution in [3.63, 3.8) is 0 Å². The zero-order valence-corrected chi connectivity index (χ0v) is 10.5. The van der Waals surface area contributed by atoms with Gasteiger partial charge >= 0.3 is 0 Å². The normalized spacial score (nSPS) is 12.6. The predicted molar refractivity (Wildman–Crippen MR) is 68.3 cm³/mol. The molecule has 0 spiro atoms. The van der Waals surface area contributed by atoms with E-state index in [1.807, 2.05) is 16.8 Å². The van der Waals surface area contributed by atoms with Crippen molar-refractivity contribution in [2.45, 2.75) is 32.4 Å². The second kappa shape index (κ2) is 6.23. The summed E-state index contributed by atoms with van der Waals surface area (Å²) in [6.45, 7) is 2.96. The monoisotopic (exact) mass is 246 g/mol. The number of aromatic nitrogens is 4. The topological polar surface area (TPSA) is 81.7 Å². The van der Waals surface area contributed by atoms with E-state index in [-0.39, 0.29) is 6.04 Å². The molecule has 2 heterocycles. The molecule has 2 rings (SSSR count). The Labute approximate surface area is 106 Å². The number of hydrogen-bond donors (Lipinski definition) is 2. The molecule has 0 aliphatic carbocycles. The van der Waals surface area contributed by atoms with Gasteiger partial charge < -0.3 is 0 Å². The maximum atomic E-state index is 5.64. The van der Waals surface area contributed by atoms with Gasteiger partial charge in [-0.25, -0.2) is 4.68 Å². The van der Waals surface area contributed by atoms with E-state index in [1.54, 1.807) is 18.6 Å². The lowest BCUT2D eigenvalue weighted by Gasteiger charge is -2.16. The van der Waals surface area contributed by atoms with Gasteiger partial charge in [-0.3, -0.25) is 16.3 Å². The fourth-order valence-corrected chi connectivity index (χ4v) is 1.92. The van der Waals surface area contributed by atoms with Crippen LogP contribution in [0.15, 0.2) is 30.7 Å². The fraction of sp³-hybridized carbons (Fsp3) is 0.417. The molecule has 96 valence electrons. The lowest BCUT2D eigenvalue weighted by atomic mass is 10.1. The van der Waals surface area contributed by atoms with E-state index in [1.165, 1.54) is 5.56 Å². The van der Waals surface area contributed by atoms with Crippen molar-refractivity contribution in [3.8, 4) is 0 Å². The highest BCUT2D eigenvalue weighted by Crippen LogP contribution is 2.16. The number of nitrogens with one attached hydrogen (secondary N) is 1. The van der Waals surface area contributed by atoms with Gasteiger partial charge in [0.25, 0.3) is 0 Å². The van der Waals surface area contributed by atoms with Gasteiger partial charge in [0.1, 0.15) is 0 Å². The van der Waals surface area contributed by atoms with Crippen molar-refractivity contribution < 1.29 is 0 Å². The lowest BCUT2D eigenvalue weighted by Crippen LogP contribution is -2.31. The Hall–Kier alpha value is -1.79. The third-order valence-electron chi connectivity index (χ3n) is 2.83. The van der Waals surface area contributed by atoms with Crippen molar-refractivity contribution in [3.05, 3.63) is 42.0 Å². The number of hydrogen-bond acceptors (Lipinski definition) is 5. The van der Waals surface area contributed by atoms with Crippen LogP contribution in [0.2, 0.25) is 0 Å². The highest BCUT2D eigenvalue weighted by atomic mass is 15.4. The van der Waals surface area contributed by atoms with Crippen LogP contribution in [0.3, 0.4) is 0 Å². The standard InChI is InChI=1S/C12H18N6/c1-2-7-18-12(9-15-17-18)11(16-13)8-10-3-5-14-6-4-10/h3-6,9,11,16H,2,7-8,13H2,1H3. The summed E-state index contributed by atoms with van der Waals surface area (Å²) >= 11 is 0. The summed E-state index contributed by atoms with van der Waals surface area (Å²) in [6, 6.07) is 3.98. The highest BCUT2D eigenvalue weighted by molar-refractivity contribution is 5.15. The summed E-state index contributed by atoms with van der Waals surface area (Å²) in [5.41, 5.74) is 5.02. The molecule has 3 N–H and O–H groups in total. The minimum Gasteiger partial charge on any atom is -0.271 e. The Kier molecular flexibility index (Phi) is 4.38. The molecule has 0 amide bonds. The van der Waals surface area contributed by atoms with Gasteiger partial charge in [0, 0.05) is 18.9 Å². The highest BCUT2D eigenvalue weighted by Gasteiger charge is 2.15. The first-order valence-corrected chi connectivity index (χ1v) is 6.08. The van der Waals surface area contributed by atoms with E-state index in [4.69, 9.17) is 5.84 Å². The van der Waals surface area contributed by atoms with Crippen LogP contribution < -0.4 is 11.3 Å². The molecule has 0 bridgehead atoms. The zero-order valence-electron chi connectivity index (χ0n) is 10.5. The summed E-state index contributed by atoms with van der Waals surface area (Å²) in [7, 11) is 0. The summed E-state index contributed by atoms with van der Waals surface area (Å²) in [4.78, 5) is 4.01. The van der Waals surface area contributed by atoms with Gasteiger partial charge in [-0.1, -0.05) is 12.1 Å². The average Bonchev–Trinajstić information content (AvgIpc) is 2.86. The molecule has 0 fully saturated rings. The Morgan fingerprint density at radius 3 is 2.83 bits per heavy atom. The van der Waals surface area contributed by atoms with Gasteiger partial charge in [-0.05, 0) is 30.5 Å². The van der Waals surface area contributed by atoms with Crippen LogP contribution in [-0.2, 0) is 13.0 Å². The zero-order chi connectivity index (χ0) is 12.8. The van der Waals surface area contributed by atoms with Crippen LogP contribution in [0, 0.1) is 0 Å². The number of aryl methyl sites for hydroxylation is 1. The summed E-state index contributed by atoms with van der Waals surface area (Å²) in [5, 5.41) is 8.03. The van der Waals surface area contributed by atoms with Crippen molar-refractivity contribution in [1.82, 2.24) is 25.4 Å². The minimum atomic E-state index is 0.00829. The van der Waals surface area contributed by atoms with Gasteiger partial charge in [-0.2, -0.15) is 0 Å². The van der Waals surface area contributed by atoms with Crippen molar-refractivity contribution >= 4 is 0 Å². The van der Waals surface area contributed by atoms with Crippen molar-refractivity contribution in [2.24, 2.45) is 5.84 Å². The van der Waals surface area contributed by atoms with Crippen molar-refractivity contribution in [1.29, 1.82) is 0 Å². The molecule has 0 aliphatic rings. The third-order valence-corrected chi connectivity index (χ3v) is 2.83. The van der Waals surface area contributed by atoms with E-state index in [9.17, 15) is 0 Å². The molecule has 2 aromatic rings. The average molecular weight is 246 g/mol. The lowest BCUT2D eigenvalue weighted by molar-refractivity contribution is 0.473. The molecule has 1 atom stereocenters. The molecule has 0 saturated heterocycles. The fourth-order valence-electron chi connectivity index (χ4n) is 1.92. The number of hydrazine groups is 1. The molecule has 0 aromatic carbocycles. The summed E-state index contributed by atoms with van der Waals surface area (Å²) in [5.74, 6) is 5.64. The predicted octanol–water partition coefficient (Wildman–Crippen LogP) is 0.830. The first-order chi connectivity index (χ1) is 8.85. The molecule has 0 radical (unpaired) electrons. The van der Waals surface area contributed by atoms with Crippen molar-refractivity contribution in [2.75, 3.05) is 0 Å². The molecule has 2 aromatic heterocycles. The molecule has 1 unspecified atom stereocenters. The summed E-state index contributed by atoms with van der Waals surface area (Å²) in [6.07, 6.45) is 7.13. The quantitative estimate of drug-likeness (QED) is 0.583. The number of rotatable bonds is 6. The first-order valence-electron chi connectivity index (χ1n) is 6.08. The second-order valence-electron chi connectivity index (χ2n) is 4.16. The summed E-state index contributed by atoms with van der Waals surface area (Å²) < 4.78 is 1.89. The molecule has 18 heavy (non-hydrogen) atoms. The smallest absolute Gasteiger partial charge is 0.0773 e. The maximum absolute atomic E-state index is 5.64. The number of nitrogens with two attached hydrogens (primary N) is 1. The Bertz CT molecular complexity index is 466. The largest absolute Gasteiger partial charge is 0.271 e. The first kappa shape index (κ1) is 12.7. The molecule has 6 nitrogen and oxygen atoms in total. The van der Waals surface area contributed by atoms with Crippen LogP contribution in [-0.4, -0.2) is 20.0 Å². The van der Waals surface area contributed by atoms with E-state index in [2.05, 4.69) is 27.6 Å². The van der Waals surface area contributed by atoms with Crippen LogP contribution in [0.5, 0.6) is 0 Å². The van der Waals surface area contributed by atoms with E-state index in [0.29, 0.717) is 0 Å². The maximum Gasteiger partial charge on any atom is 0.0773 e. The Balaban J connectivity index is 2.15. The molecule has 6 heteroatoms. The molecular weight excluding hydrogens is 228 g/mol. The van der Waals surface area contributed by atoms with Gasteiger partial charge in [-0.15, -0.1) is 5.10 Å².